The minimum atomic E-state index is -4.43. The maximum atomic E-state index is 13.3. The summed E-state index contributed by atoms with van der Waals surface area (Å²) in [6, 6.07) is 11.0. The van der Waals surface area contributed by atoms with Crippen LogP contribution in [0.4, 0.5) is 13.2 Å². The van der Waals surface area contributed by atoms with E-state index in [1.807, 2.05) is 18.2 Å². The smallest absolute Gasteiger partial charge is 0.417 e. The number of alkyl halides is 3. The van der Waals surface area contributed by atoms with Gasteiger partial charge in [0.05, 0.1) is 29.3 Å². The van der Waals surface area contributed by atoms with Gasteiger partial charge in [-0.2, -0.15) is 13.2 Å². The van der Waals surface area contributed by atoms with Crippen LogP contribution in [0.5, 0.6) is 5.75 Å². The Bertz CT molecular complexity index is 1110. The molecule has 0 spiro atoms. The molecule has 0 aliphatic heterocycles. The van der Waals surface area contributed by atoms with Gasteiger partial charge < -0.3 is 9.84 Å². The third kappa shape index (κ3) is 5.30. The number of aliphatic carboxylic acids is 1. The molecule has 3 aromatic rings. The highest BCUT2D eigenvalue weighted by atomic mass is 32.1. The molecule has 1 heterocycles. The van der Waals surface area contributed by atoms with E-state index in [0.717, 1.165) is 40.8 Å². The third-order valence-electron chi connectivity index (χ3n) is 5.34. The molecular weight excluding hydrogens is 439 g/mol. The van der Waals surface area contributed by atoms with Crippen LogP contribution in [0.15, 0.2) is 47.8 Å². The van der Waals surface area contributed by atoms with E-state index >= 15 is 0 Å². The molecule has 1 fully saturated rings. The van der Waals surface area contributed by atoms with Crippen LogP contribution in [0.2, 0.25) is 0 Å². The zero-order valence-corrected chi connectivity index (χ0v) is 18.0. The number of nitrogens with zero attached hydrogens (tertiary/aromatic N) is 1. The van der Waals surface area contributed by atoms with Crippen LogP contribution in [0.3, 0.4) is 0 Å². The van der Waals surface area contributed by atoms with Gasteiger partial charge in [-0.05, 0) is 42.9 Å². The van der Waals surface area contributed by atoms with Gasteiger partial charge in [-0.15, -0.1) is 11.3 Å². The van der Waals surface area contributed by atoms with Crippen molar-refractivity contribution in [1.82, 2.24) is 4.98 Å². The summed E-state index contributed by atoms with van der Waals surface area (Å²) in [5.41, 5.74) is 1.52. The lowest BCUT2D eigenvalue weighted by Crippen LogP contribution is -2.07. The fourth-order valence-corrected chi connectivity index (χ4v) is 4.62. The number of hydrogen-bond acceptors (Lipinski definition) is 4. The highest BCUT2D eigenvalue weighted by molar-refractivity contribution is 7.09. The second-order valence-corrected chi connectivity index (χ2v) is 8.74. The molecule has 0 atom stereocenters. The van der Waals surface area contributed by atoms with E-state index in [1.165, 1.54) is 23.5 Å². The van der Waals surface area contributed by atoms with Crippen LogP contribution in [-0.2, 0) is 23.8 Å². The Morgan fingerprint density at radius 1 is 1.16 bits per heavy atom. The number of thiazole rings is 1. The maximum Gasteiger partial charge on any atom is 0.417 e. The first-order valence-electron chi connectivity index (χ1n) is 10.4. The topological polar surface area (TPSA) is 59.4 Å². The predicted octanol–water partition coefficient (Wildman–Crippen LogP) is 6.35. The first-order valence-corrected chi connectivity index (χ1v) is 11.3. The van der Waals surface area contributed by atoms with Crippen molar-refractivity contribution in [2.45, 2.75) is 44.2 Å². The molecule has 1 aliphatic carbocycles. The van der Waals surface area contributed by atoms with Crippen molar-refractivity contribution in [3.05, 3.63) is 69.5 Å². The molecule has 1 aromatic heterocycles. The normalized spacial score (nSPS) is 13.8. The minimum absolute atomic E-state index is 0.0235. The number of rotatable bonds is 9. The minimum Gasteiger partial charge on any atom is -0.493 e. The Morgan fingerprint density at radius 2 is 1.94 bits per heavy atom. The molecule has 32 heavy (non-hydrogen) atoms. The van der Waals surface area contributed by atoms with Gasteiger partial charge in [-0.1, -0.05) is 30.3 Å². The van der Waals surface area contributed by atoms with Gasteiger partial charge in [-0.25, -0.2) is 4.98 Å². The Morgan fingerprint density at radius 3 is 2.66 bits per heavy atom. The first-order chi connectivity index (χ1) is 15.3. The first kappa shape index (κ1) is 22.3. The summed E-state index contributed by atoms with van der Waals surface area (Å²) in [6.07, 6.45) is -1.14. The molecule has 4 nitrogen and oxygen atoms in total. The number of carbonyl (C=O) groups is 1. The lowest BCUT2D eigenvalue weighted by Gasteiger charge is -2.14. The third-order valence-corrected chi connectivity index (χ3v) is 6.25. The fourth-order valence-electron chi connectivity index (χ4n) is 3.78. The Kier molecular flexibility index (Phi) is 6.50. The van der Waals surface area contributed by atoms with Crippen molar-refractivity contribution in [2.24, 2.45) is 0 Å². The van der Waals surface area contributed by atoms with Gasteiger partial charge in [0.2, 0.25) is 0 Å². The van der Waals surface area contributed by atoms with Crippen LogP contribution in [0, 0.1) is 0 Å². The van der Waals surface area contributed by atoms with E-state index in [4.69, 9.17) is 9.84 Å². The fraction of sp³-hybridized carbons (Fsp3) is 0.333. The van der Waals surface area contributed by atoms with Crippen LogP contribution in [0.1, 0.15) is 46.9 Å². The van der Waals surface area contributed by atoms with Gasteiger partial charge >= 0.3 is 12.1 Å². The summed E-state index contributed by atoms with van der Waals surface area (Å²) in [5.74, 6) is 0.219. The summed E-state index contributed by atoms with van der Waals surface area (Å²) in [7, 11) is 0. The van der Waals surface area contributed by atoms with Gasteiger partial charge in [0.25, 0.3) is 0 Å². The standard InChI is InChI=1S/C24H22F3NO3S/c25-24(26,27)18-7-2-1-6-17(18)19-14-32-21(28-19)9-4-12-31-20-8-3-5-16(13-22(29)30)23(20)15-10-11-15/h1-3,5-8,14-15H,4,9-13H2,(H,29,30). The average molecular weight is 462 g/mol. The van der Waals surface area contributed by atoms with E-state index < -0.39 is 17.7 Å². The molecule has 168 valence electrons. The molecule has 1 N–H and O–H groups in total. The molecule has 0 bridgehead atoms. The summed E-state index contributed by atoms with van der Waals surface area (Å²) in [5, 5.41) is 11.6. The maximum absolute atomic E-state index is 13.3. The molecule has 0 amide bonds. The van der Waals surface area contributed by atoms with Gasteiger partial charge in [0, 0.05) is 22.9 Å². The second kappa shape index (κ2) is 9.32. The van der Waals surface area contributed by atoms with Crippen LogP contribution >= 0.6 is 11.3 Å². The van der Waals surface area contributed by atoms with Gasteiger partial charge in [-0.3, -0.25) is 4.79 Å². The van der Waals surface area contributed by atoms with E-state index in [2.05, 4.69) is 4.98 Å². The Balaban J connectivity index is 1.38. The highest BCUT2D eigenvalue weighted by Crippen LogP contribution is 2.46. The number of carboxylic acids is 1. The zero-order chi connectivity index (χ0) is 22.7. The van der Waals surface area contributed by atoms with E-state index in [-0.39, 0.29) is 12.0 Å². The van der Waals surface area contributed by atoms with E-state index in [1.54, 1.807) is 11.4 Å². The van der Waals surface area contributed by atoms with Crippen molar-refractivity contribution in [3.8, 4) is 17.0 Å². The largest absolute Gasteiger partial charge is 0.493 e. The van der Waals surface area contributed by atoms with Crippen molar-refractivity contribution in [3.63, 3.8) is 0 Å². The van der Waals surface area contributed by atoms with Gasteiger partial charge in [0.15, 0.2) is 0 Å². The van der Waals surface area contributed by atoms with E-state index in [0.29, 0.717) is 31.1 Å². The SMILES string of the molecule is O=C(O)Cc1cccc(OCCCc2nc(-c3ccccc3C(F)(F)F)cs2)c1C1CC1. The molecule has 1 saturated carbocycles. The van der Waals surface area contributed by atoms with Crippen molar-refractivity contribution in [1.29, 1.82) is 0 Å². The number of hydrogen-bond donors (Lipinski definition) is 1. The van der Waals surface area contributed by atoms with Crippen molar-refractivity contribution < 1.29 is 27.8 Å². The Labute approximate surface area is 187 Å². The number of aryl methyl sites for hydroxylation is 1. The molecule has 2 aromatic carbocycles. The van der Waals surface area contributed by atoms with E-state index in [9.17, 15) is 18.0 Å². The van der Waals surface area contributed by atoms with Crippen molar-refractivity contribution >= 4 is 17.3 Å². The van der Waals surface area contributed by atoms with Crippen LogP contribution in [0.25, 0.3) is 11.3 Å². The van der Waals surface area contributed by atoms with Crippen LogP contribution in [-0.4, -0.2) is 22.7 Å². The predicted molar refractivity (Wildman–Crippen MR) is 116 cm³/mol. The molecule has 0 radical (unpaired) electrons. The number of aromatic nitrogens is 1. The number of ether oxygens (including phenoxy) is 1. The quantitative estimate of drug-likeness (QED) is 0.378. The molecule has 0 saturated heterocycles. The molecule has 8 heteroatoms. The van der Waals surface area contributed by atoms with Crippen LogP contribution < -0.4 is 4.74 Å². The summed E-state index contributed by atoms with van der Waals surface area (Å²) in [4.78, 5) is 15.6. The summed E-state index contributed by atoms with van der Waals surface area (Å²) < 4.78 is 45.8. The number of benzene rings is 2. The Hall–Kier alpha value is -2.87. The summed E-state index contributed by atoms with van der Waals surface area (Å²) in [6.45, 7) is 0.421. The highest BCUT2D eigenvalue weighted by Gasteiger charge is 2.34. The lowest BCUT2D eigenvalue weighted by molar-refractivity contribution is -0.137. The lowest BCUT2D eigenvalue weighted by atomic mass is 9.99. The molecule has 1 aliphatic rings. The molecular formula is C24H22F3NO3S. The number of halogens is 3. The van der Waals surface area contributed by atoms with Crippen molar-refractivity contribution in [2.75, 3.05) is 6.61 Å². The van der Waals surface area contributed by atoms with Gasteiger partial charge in [0.1, 0.15) is 5.75 Å². The number of carboxylic acid groups (broad SMARTS) is 1. The molecule has 4 rings (SSSR count). The second-order valence-electron chi connectivity index (χ2n) is 7.80. The summed E-state index contributed by atoms with van der Waals surface area (Å²) >= 11 is 1.34. The molecule has 0 unspecified atom stereocenters. The monoisotopic (exact) mass is 461 g/mol. The average Bonchev–Trinajstić information content (AvgIpc) is 3.47. The zero-order valence-electron chi connectivity index (χ0n) is 17.2.